The van der Waals surface area contributed by atoms with E-state index in [4.69, 9.17) is 4.74 Å². The molecule has 0 radical (unpaired) electrons. The van der Waals surface area contributed by atoms with Crippen molar-refractivity contribution in [2.45, 2.75) is 38.1 Å². The van der Waals surface area contributed by atoms with Crippen LogP contribution in [0.25, 0.3) is 0 Å². The van der Waals surface area contributed by atoms with Crippen LogP contribution < -0.4 is 0 Å². The van der Waals surface area contributed by atoms with Crippen LogP contribution in [0.5, 0.6) is 0 Å². The summed E-state index contributed by atoms with van der Waals surface area (Å²) >= 11 is 0. The van der Waals surface area contributed by atoms with E-state index in [0.717, 1.165) is 16.7 Å². The SMILES string of the molecule is CC(=O)C1(O)CCc2ccccc2C1OCc1ccccc1. The molecule has 0 heterocycles. The molecule has 2 aromatic carbocycles. The summed E-state index contributed by atoms with van der Waals surface area (Å²) in [5.41, 5.74) is 1.65. The number of hydrogen-bond donors (Lipinski definition) is 1. The second kappa shape index (κ2) is 6.03. The summed E-state index contributed by atoms with van der Waals surface area (Å²) in [5, 5.41) is 10.9. The van der Waals surface area contributed by atoms with Gasteiger partial charge in [0.15, 0.2) is 11.4 Å². The number of aliphatic hydroxyl groups is 1. The third-order valence-corrected chi connectivity index (χ3v) is 4.42. The zero-order valence-corrected chi connectivity index (χ0v) is 12.7. The van der Waals surface area contributed by atoms with Gasteiger partial charge >= 0.3 is 0 Å². The average molecular weight is 296 g/mol. The van der Waals surface area contributed by atoms with Gasteiger partial charge in [0.25, 0.3) is 0 Å². The molecule has 1 aliphatic rings. The lowest BCUT2D eigenvalue weighted by molar-refractivity contribution is -0.161. The minimum absolute atomic E-state index is 0.236. The van der Waals surface area contributed by atoms with Gasteiger partial charge in [0, 0.05) is 0 Å². The van der Waals surface area contributed by atoms with Crippen LogP contribution in [0.3, 0.4) is 0 Å². The maximum Gasteiger partial charge on any atom is 0.164 e. The second-order valence-electron chi connectivity index (χ2n) is 5.86. The van der Waals surface area contributed by atoms with Crippen molar-refractivity contribution in [1.29, 1.82) is 0 Å². The Kier molecular flexibility index (Phi) is 4.10. The molecule has 1 aliphatic carbocycles. The summed E-state index contributed by atoms with van der Waals surface area (Å²) in [6, 6.07) is 17.7. The summed E-state index contributed by atoms with van der Waals surface area (Å²) in [5.74, 6) is -0.236. The number of carbonyl (C=O) groups excluding carboxylic acids is 1. The van der Waals surface area contributed by atoms with Gasteiger partial charge in [0.1, 0.15) is 6.10 Å². The Morgan fingerprint density at radius 1 is 1.18 bits per heavy atom. The van der Waals surface area contributed by atoms with Crippen LogP contribution in [0.4, 0.5) is 0 Å². The number of aryl methyl sites for hydroxylation is 1. The lowest BCUT2D eigenvalue weighted by Crippen LogP contribution is -2.47. The molecule has 22 heavy (non-hydrogen) atoms. The first-order chi connectivity index (χ1) is 10.6. The average Bonchev–Trinajstić information content (AvgIpc) is 2.55. The van der Waals surface area contributed by atoms with E-state index in [1.807, 2.05) is 54.6 Å². The molecule has 3 heteroatoms. The van der Waals surface area contributed by atoms with Gasteiger partial charge in [0.05, 0.1) is 6.61 Å². The largest absolute Gasteiger partial charge is 0.379 e. The number of Topliss-reactive ketones (excluding diaryl/α,β-unsaturated/α-hetero) is 1. The second-order valence-corrected chi connectivity index (χ2v) is 5.86. The third-order valence-electron chi connectivity index (χ3n) is 4.42. The van der Waals surface area contributed by atoms with Gasteiger partial charge in [-0.15, -0.1) is 0 Å². The molecule has 3 nitrogen and oxygen atoms in total. The minimum Gasteiger partial charge on any atom is -0.379 e. The Morgan fingerprint density at radius 2 is 1.86 bits per heavy atom. The van der Waals surface area contributed by atoms with Crippen LogP contribution in [-0.2, 0) is 22.6 Å². The molecule has 2 aromatic rings. The number of rotatable bonds is 4. The summed E-state index contributed by atoms with van der Waals surface area (Å²) in [6.45, 7) is 1.81. The van der Waals surface area contributed by atoms with E-state index in [1.165, 1.54) is 6.92 Å². The lowest BCUT2D eigenvalue weighted by Gasteiger charge is -2.39. The lowest BCUT2D eigenvalue weighted by atomic mass is 9.76. The van der Waals surface area contributed by atoms with E-state index in [-0.39, 0.29) is 5.78 Å². The van der Waals surface area contributed by atoms with Crippen molar-refractivity contribution in [2.75, 3.05) is 0 Å². The fourth-order valence-corrected chi connectivity index (χ4v) is 3.07. The van der Waals surface area contributed by atoms with E-state index < -0.39 is 11.7 Å². The molecule has 3 rings (SSSR count). The molecular weight excluding hydrogens is 276 g/mol. The van der Waals surface area contributed by atoms with Gasteiger partial charge in [-0.3, -0.25) is 4.79 Å². The van der Waals surface area contributed by atoms with Crippen LogP contribution in [0.15, 0.2) is 54.6 Å². The first-order valence-electron chi connectivity index (χ1n) is 7.58. The molecule has 0 fully saturated rings. The van der Waals surface area contributed by atoms with E-state index in [0.29, 0.717) is 19.4 Å². The maximum atomic E-state index is 12.0. The monoisotopic (exact) mass is 296 g/mol. The molecule has 2 atom stereocenters. The molecule has 0 amide bonds. The molecule has 114 valence electrons. The number of benzene rings is 2. The molecule has 0 saturated carbocycles. The first-order valence-corrected chi connectivity index (χ1v) is 7.58. The molecule has 1 N–H and O–H groups in total. The summed E-state index contributed by atoms with van der Waals surface area (Å²) < 4.78 is 6.00. The number of ether oxygens (including phenoxy) is 1. The predicted octanol–water partition coefficient (Wildman–Crippen LogP) is 3.21. The highest BCUT2D eigenvalue weighted by molar-refractivity contribution is 5.86. The maximum absolute atomic E-state index is 12.0. The van der Waals surface area contributed by atoms with Crippen molar-refractivity contribution in [2.24, 2.45) is 0 Å². The van der Waals surface area contributed by atoms with Crippen LogP contribution in [0, 0.1) is 0 Å². The van der Waals surface area contributed by atoms with Gasteiger partial charge in [-0.1, -0.05) is 54.6 Å². The normalized spacial score (nSPS) is 23.8. The number of carbonyl (C=O) groups is 1. The number of hydrogen-bond acceptors (Lipinski definition) is 3. The zero-order valence-electron chi connectivity index (χ0n) is 12.7. The molecule has 0 spiro atoms. The van der Waals surface area contributed by atoms with Crippen molar-refractivity contribution >= 4 is 5.78 Å². The highest BCUT2D eigenvalue weighted by Crippen LogP contribution is 2.41. The quantitative estimate of drug-likeness (QED) is 0.942. The summed E-state index contributed by atoms with van der Waals surface area (Å²) in [6.07, 6.45) is 0.478. The van der Waals surface area contributed by atoms with Gasteiger partial charge in [-0.2, -0.15) is 0 Å². The standard InChI is InChI=1S/C19H20O3/c1-14(20)19(21)12-11-16-9-5-6-10-17(16)18(19)22-13-15-7-3-2-4-8-15/h2-10,18,21H,11-13H2,1H3. The zero-order chi connectivity index (χ0) is 15.6. The molecule has 0 bridgehead atoms. The Bertz CT molecular complexity index is 665. The fraction of sp³-hybridized carbons (Fsp3) is 0.316. The molecule has 0 aliphatic heterocycles. The van der Waals surface area contributed by atoms with E-state index in [9.17, 15) is 9.90 Å². The molecule has 0 saturated heterocycles. The van der Waals surface area contributed by atoms with E-state index in [1.54, 1.807) is 0 Å². The Hall–Kier alpha value is -1.97. The van der Waals surface area contributed by atoms with Gasteiger partial charge in [-0.05, 0) is 36.5 Å². The van der Waals surface area contributed by atoms with Gasteiger partial charge in [-0.25, -0.2) is 0 Å². The number of ketones is 1. The minimum atomic E-state index is -1.44. The highest BCUT2D eigenvalue weighted by atomic mass is 16.5. The Morgan fingerprint density at radius 3 is 2.59 bits per heavy atom. The molecular formula is C19H20O3. The Labute approximate surface area is 130 Å². The van der Waals surface area contributed by atoms with Gasteiger partial charge in [0.2, 0.25) is 0 Å². The molecule has 0 aromatic heterocycles. The van der Waals surface area contributed by atoms with E-state index >= 15 is 0 Å². The van der Waals surface area contributed by atoms with Crippen molar-refractivity contribution in [3.8, 4) is 0 Å². The third kappa shape index (κ3) is 2.70. The van der Waals surface area contributed by atoms with Crippen molar-refractivity contribution in [3.05, 3.63) is 71.3 Å². The van der Waals surface area contributed by atoms with Crippen LogP contribution in [-0.4, -0.2) is 16.5 Å². The van der Waals surface area contributed by atoms with Crippen molar-refractivity contribution < 1.29 is 14.6 Å². The van der Waals surface area contributed by atoms with Crippen molar-refractivity contribution in [1.82, 2.24) is 0 Å². The number of fused-ring (bicyclic) bond motifs is 1. The topological polar surface area (TPSA) is 46.5 Å². The molecule has 2 unspecified atom stereocenters. The van der Waals surface area contributed by atoms with Crippen LogP contribution >= 0.6 is 0 Å². The highest BCUT2D eigenvalue weighted by Gasteiger charge is 2.46. The smallest absolute Gasteiger partial charge is 0.164 e. The van der Waals surface area contributed by atoms with Crippen LogP contribution in [0.2, 0.25) is 0 Å². The van der Waals surface area contributed by atoms with E-state index in [2.05, 4.69) is 0 Å². The Balaban J connectivity index is 1.91. The summed E-state index contributed by atoms with van der Waals surface area (Å²) in [7, 11) is 0. The van der Waals surface area contributed by atoms with Crippen molar-refractivity contribution in [3.63, 3.8) is 0 Å². The predicted molar refractivity (Wildman–Crippen MR) is 84.4 cm³/mol. The van der Waals surface area contributed by atoms with Gasteiger partial charge < -0.3 is 9.84 Å². The van der Waals surface area contributed by atoms with Crippen LogP contribution in [0.1, 0.15) is 36.1 Å². The first kappa shape index (κ1) is 14.9. The fourth-order valence-electron chi connectivity index (χ4n) is 3.07. The summed E-state index contributed by atoms with van der Waals surface area (Å²) in [4.78, 5) is 12.0.